The Labute approximate surface area is 78.3 Å². The van der Waals surface area contributed by atoms with Crippen molar-refractivity contribution in [2.45, 2.75) is 27.2 Å². The van der Waals surface area contributed by atoms with E-state index in [2.05, 4.69) is 5.32 Å². The molecule has 0 rings (SSSR count). The topological polar surface area (TPSA) is 66.4 Å². The summed E-state index contributed by atoms with van der Waals surface area (Å²) in [5.41, 5.74) is -0.972. The average molecular weight is 187 g/mol. The number of carbonyl (C=O) groups is 2. The van der Waals surface area contributed by atoms with Gasteiger partial charge in [0.05, 0.1) is 5.41 Å². The van der Waals surface area contributed by atoms with E-state index in [4.69, 9.17) is 5.11 Å². The molecule has 2 N–H and O–H groups in total. The summed E-state index contributed by atoms with van der Waals surface area (Å²) in [6, 6.07) is 0. The van der Waals surface area contributed by atoms with E-state index in [1.54, 1.807) is 20.8 Å². The molecular weight excluding hydrogens is 170 g/mol. The Bertz CT molecular complexity index is 213. The highest BCUT2D eigenvalue weighted by molar-refractivity contribution is 5.84. The van der Waals surface area contributed by atoms with Crippen molar-refractivity contribution in [1.29, 1.82) is 0 Å². The lowest BCUT2D eigenvalue weighted by Crippen LogP contribution is -2.38. The lowest BCUT2D eigenvalue weighted by Gasteiger charge is -2.27. The van der Waals surface area contributed by atoms with Crippen LogP contribution >= 0.6 is 0 Å². The van der Waals surface area contributed by atoms with E-state index in [-0.39, 0.29) is 18.2 Å². The van der Waals surface area contributed by atoms with Gasteiger partial charge in [-0.1, -0.05) is 13.8 Å². The maximum absolute atomic E-state index is 11.1. The van der Waals surface area contributed by atoms with E-state index in [0.717, 1.165) is 0 Å². The number of nitrogens with one attached hydrogen (secondary N) is 1. The van der Waals surface area contributed by atoms with Crippen molar-refractivity contribution >= 4 is 11.9 Å². The molecule has 0 saturated carbocycles. The monoisotopic (exact) mass is 187 g/mol. The van der Waals surface area contributed by atoms with Crippen molar-refractivity contribution in [2.24, 2.45) is 11.3 Å². The van der Waals surface area contributed by atoms with Crippen molar-refractivity contribution in [3.05, 3.63) is 0 Å². The molecule has 0 radical (unpaired) electrons. The molecule has 0 saturated heterocycles. The van der Waals surface area contributed by atoms with E-state index < -0.39 is 11.4 Å². The van der Waals surface area contributed by atoms with Gasteiger partial charge in [0.1, 0.15) is 0 Å². The van der Waals surface area contributed by atoms with Crippen LogP contribution in [0.15, 0.2) is 0 Å². The van der Waals surface area contributed by atoms with Gasteiger partial charge in [0.25, 0.3) is 0 Å². The van der Waals surface area contributed by atoms with Crippen molar-refractivity contribution in [2.75, 3.05) is 7.05 Å². The standard InChI is InChI=1S/C9H17NO3/c1-6(2)9(3,8(12)13)5-7(11)10-4/h6H,5H2,1-4H3,(H,10,11)(H,12,13). The highest BCUT2D eigenvalue weighted by Crippen LogP contribution is 2.31. The zero-order valence-corrected chi connectivity index (χ0v) is 8.55. The van der Waals surface area contributed by atoms with Gasteiger partial charge in [0, 0.05) is 13.5 Å². The van der Waals surface area contributed by atoms with Crippen LogP contribution in [0.1, 0.15) is 27.2 Å². The molecule has 0 aromatic carbocycles. The highest BCUT2D eigenvalue weighted by Gasteiger charge is 2.38. The second kappa shape index (κ2) is 4.25. The third-order valence-corrected chi connectivity index (χ3v) is 2.57. The summed E-state index contributed by atoms with van der Waals surface area (Å²) in [4.78, 5) is 22.0. The zero-order chi connectivity index (χ0) is 10.6. The quantitative estimate of drug-likeness (QED) is 0.686. The van der Waals surface area contributed by atoms with Crippen LogP contribution in [0.25, 0.3) is 0 Å². The Balaban J connectivity index is 4.61. The Morgan fingerprint density at radius 2 is 1.92 bits per heavy atom. The van der Waals surface area contributed by atoms with Crippen molar-refractivity contribution < 1.29 is 14.7 Å². The highest BCUT2D eigenvalue weighted by atomic mass is 16.4. The van der Waals surface area contributed by atoms with Gasteiger partial charge in [-0.25, -0.2) is 0 Å². The molecule has 1 amide bonds. The Hall–Kier alpha value is -1.06. The molecule has 4 nitrogen and oxygen atoms in total. The number of amides is 1. The van der Waals surface area contributed by atoms with Gasteiger partial charge < -0.3 is 10.4 Å². The normalized spacial score (nSPS) is 15.2. The fraction of sp³-hybridized carbons (Fsp3) is 0.778. The Morgan fingerprint density at radius 1 is 1.46 bits per heavy atom. The molecule has 1 unspecified atom stereocenters. The van der Waals surface area contributed by atoms with Gasteiger partial charge in [-0.15, -0.1) is 0 Å². The van der Waals surface area contributed by atoms with Gasteiger partial charge in [-0.3, -0.25) is 9.59 Å². The minimum Gasteiger partial charge on any atom is -0.481 e. The molecule has 0 fully saturated rings. The van der Waals surface area contributed by atoms with Gasteiger partial charge in [-0.2, -0.15) is 0 Å². The molecule has 0 spiro atoms. The van der Waals surface area contributed by atoms with Crippen LogP contribution in [0, 0.1) is 11.3 Å². The first kappa shape index (κ1) is 11.9. The molecule has 0 aliphatic carbocycles. The predicted molar refractivity (Wildman–Crippen MR) is 49.3 cm³/mol. The fourth-order valence-electron chi connectivity index (χ4n) is 0.949. The predicted octanol–water partition coefficient (Wildman–Crippen LogP) is 0.869. The van der Waals surface area contributed by atoms with Crippen LogP contribution in [0.2, 0.25) is 0 Å². The maximum atomic E-state index is 11.1. The van der Waals surface area contributed by atoms with E-state index >= 15 is 0 Å². The number of hydrogen-bond donors (Lipinski definition) is 2. The largest absolute Gasteiger partial charge is 0.481 e. The minimum absolute atomic E-state index is 0.0243. The van der Waals surface area contributed by atoms with Gasteiger partial charge >= 0.3 is 5.97 Å². The Kier molecular flexibility index (Phi) is 3.91. The van der Waals surface area contributed by atoms with Crippen LogP contribution in [0.3, 0.4) is 0 Å². The Morgan fingerprint density at radius 3 is 2.15 bits per heavy atom. The van der Waals surface area contributed by atoms with Crippen LogP contribution in [-0.2, 0) is 9.59 Å². The maximum Gasteiger partial charge on any atom is 0.310 e. The smallest absolute Gasteiger partial charge is 0.310 e. The van der Waals surface area contributed by atoms with Crippen molar-refractivity contribution in [3.63, 3.8) is 0 Å². The number of carboxylic acids is 1. The van der Waals surface area contributed by atoms with E-state index in [1.165, 1.54) is 7.05 Å². The third-order valence-electron chi connectivity index (χ3n) is 2.57. The minimum atomic E-state index is -0.972. The number of carboxylic acid groups (broad SMARTS) is 1. The number of aliphatic carboxylic acids is 1. The third kappa shape index (κ3) is 2.72. The zero-order valence-electron chi connectivity index (χ0n) is 8.55. The molecule has 76 valence electrons. The summed E-state index contributed by atoms with van der Waals surface area (Å²) in [5.74, 6) is -1.23. The summed E-state index contributed by atoms with van der Waals surface area (Å²) in [6.45, 7) is 5.20. The van der Waals surface area contributed by atoms with Gasteiger partial charge in [0.15, 0.2) is 0 Å². The molecule has 13 heavy (non-hydrogen) atoms. The molecule has 4 heteroatoms. The van der Waals surface area contributed by atoms with Crippen LogP contribution in [-0.4, -0.2) is 24.0 Å². The second-order valence-electron chi connectivity index (χ2n) is 3.73. The lowest BCUT2D eigenvalue weighted by atomic mass is 9.76. The molecule has 0 bridgehead atoms. The summed E-state index contributed by atoms with van der Waals surface area (Å²) >= 11 is 0. The fourth-order valence-corrected chi connectivity index (χ4v) is 0.949. The van der Waals surface area contributed by atoms with Gasteiger partial charge in [0.2, 0.25) is 5.91 Å². The lowest BCUT2D eigenvalue weighted by molar-refractivity contribution is -0.153. The summed E-state index contributed by atoms with van der Waals surface area (Å²) in [7, 11) is 1.50. The first-order chi connectivity index (χ1) is 5.84. The van der Waals surface area contributed by atoms with E-state index in [1.807, 2.05) is 0 Å². The number of rotatable bonds is 4. The molecule has 0 aliphatic rings. The molecule has 0 aromatic rings. The first-order valence-corrected chi connectivity index (χ1v) is 4.28. The van der Waals surface area contributed by atoms with E-state index in [0.29, 0.717) is 0 Å². The SMILES string of the molecule is CNC(=O)CC(C)(C(=O)O)C(C)C. The van der Waals surface area contributed by atoms with Crippen LogP contribution < -0.4 is 5.32 Å². The second-order valence-corrected chi connectivity index (χ2v) is 3.73. The average Bonchev–Trinajstić information content (AvgIpc) is 2.03. The van der Waals surface area contributed by atoms with Gasteiger partial charge in [-0.05, 0) is 12.8 Å². The molecule has 1 atom stereocenters. The first-order valence-electron chi connectivity index (χ1n) is 4.28. The molecular formula is C9H17NO3. The summed E-state index contributed by atoms with van der Waals surface area (Å²) in [6.07, 6.45) is 0.0243. The molecule has 0 aliphatic heterocycles. The van der Waals surface area contributed by atoms with Crippen LogP contribution in [0.4, 0.5) is 0 Å². The summed E-state index contributed by atoms with van der Waals surface area (Å²) < 4.78 is 0. The molecule has 0 aromatic heterocycles. The number of hydrogen-bond acceptors (Lipinski definition) is 2. The van der Waals surface area contributed by atoms with Crippen LogP contribution in [0.5, 0.6) is 0 Å². The van der Waals surface area contributed by atoms with Crippen molar-refractivity contribution in [3.8, 4) is 0 Å². The summed E-state index contributed by atoms with van der Waals surface area (Å²) in [5, 5.41) is 11.4. The van der Waals surface area contributed by atoms with Crippen molar-refractivity contribution in [1.82, 2.24) is 5.32 Å². The number of carbonyl (C=O) groups excluding carboxylic acids is 1. The molecule has 0 heterocycles. The van der Waals surface area contributed by atoms with E-state index in [9.17, 15) is 9.59 Å².